The van der Waals surface area contributed by atoms with Crippen molar-refractivity contribution in [1.29, 1.82) is 0 Å². The molecule has 0 saturated carbocycles. The van der Waals surface area contributed by atoms with Gasteiger partial charge in [0.2, 0.25) is 0 Å². The Labute approximate surface area is 96.5 Å². The molecule has 6 heteroatoms. The van der Waals surface area contributed by atoms with Crippen molar-refractivity contribution in [1.82, 2.24) is 0 Å². The van der Waals surface area contributed by atoms with Crippen molar-refractivity contribution in [3.63, 3.8) is 0 Å². The van der Waals surface area contributed by atoms with E-state index in [0.717, 1.165) is 0 Å². The maximum atomic E-state index is 10.7. The van der Waals surface area contributed by atoms with Crippen LogP contribution >= 0.6 is 0 Å². The zero-order valence-electron chi connectivity index (χ0n) is 8.19. The summed E-state index contributed by atoms with van der Waals surface area (Å²) < 4.78 is 25.9. The minimum Gasteiger partial charge on any atom is -1.00 e. The largest absolute Gasteiger partial charge is 1.00 e. The first kappa shape index (κ1) is 15.1. The van der Waals surface area contributed by atoms with Crippen LogP contribution in [0.5, 0.6) is 0 Å². The van der Waals surface area contributed by atoms with Crippen LogP contribution in [0.2, 0.25) is 0 Å². The van der Waals surface area contributed by atoms with E-state index < -0.39 is 10.1 Å². The maximum Gasteiger partial charge on any atom is 1.00 e. The third kappa shape index (κ3) is 8.70. The summed E-state index contributed by atoms with van der Waals surface area (Å²) in [5.74, 6) is -0.182. The fraction of sp³-hybridized carbons (Fsp3) is 0.667. The predicted molar refractivity (Wildman–Crippen MR) is 42.8 cm³/mol. The molecule has 4 nitrogen and oxygen atoms in total. The van der Waals surface area contributed by atoms with E-state index in [9.17, 15) is 8.42 Å². The van der Waals surface area contributed by atoms with Gasteiger partial charge < -0.3 is 6.53 Å². The van der Waals surface area contributed by atoms with Gasteiger partial charge in [0, 0.05) is 6.61 Å². The second-order valence-electron chi connectivity index (χ2n) is 1.91. The van der Waals surface area contributed by atoms with E-state index in [1.165, 1.54) is 6.08 Å². The zero-order valence-corrected chi connectivity index (χ0v) is 10.0. The molecular formula is C6H13NaO4S. The molecule has 0 fully saturated rings. The third-order valence-corrected chi connectivity index (χ3v) is 2.06. The first-order valence-electron chi connectivity index (χ1n) is 3.21. The number of hydrogen-bond donors (Lipinski definition) is 1. The van der Waals surface area contributed by atoms with E-state index in [-0.39, 0.29) is 50.0 Å². The van der Waals surface area contributed by atoms with Crippen LogP contribution in [-0.4, -0.2) is 32.5 Å². The molecule has 0 amide bonds. The van der Waals surface area contributed by atoms with Crippen LogP contribution in [-0.2, 0) is 14.3 Å². The van der Waals surface area contributed by atoms with E-state index in [4.69, 9.17) is 5.11 Å². The number of aliphatic hydroxyl groups excluding tert-OH is 1. The summed E-state index contributed by atoms with van der Waals surface area (Å²) in [4.78, 5) is 0. The van der Waals surface area contributed by atoms with E-state index in [2.05, 4.69) is 10.8 Å². The monoisotopic (exact) mass is 204 g/mol. The van der Waals surface area contributed by atoms with Crippen molar-refractivity contribution in [3.8, 4) is 0 Å². The zero-order chi connectivity index (χ0) is 8.74. The van der Waals surface area contributed by atoms with Crippen LogP contribution in [0.4, 0.5) is 0 Å². The molecule has 0 aromatic rings. The van der Waals surface area contributed by atoms with Crippen molar-refractivity contribution < 1.29 is 48.7 Å². The van der Waals surface area contributed by atoms with Crippen LogP contribution in [0.15, 0.2) is 12.7 Å². The summed E-state index contributed by atoms with van der Waals surface area (Å²) in [7, 11) is -3.43. The van der Waals surface area contributed by atoms with E-state index >= 15 is 0 Å². The molecule has 0 aliphatic heterocycles. The van der Waals surface area contributed by atoms with Crippen molar-refractivity contribution in [3.05, 3.63) is 12.7 Å². The topological polar surface area (TPSA) is 63.6 Å². The van der Waals surface area contributed by atoms with Crippen molar-refractivity contribution >= 4 is 10.1 Å². The Morgan fingerprint density at radius 1 is 1.58 bits per heavy atom. The molecule has 0 heterocycles. The first-order chi connectivity index (χ1) is 5.12. The molecule has 0 spiro atoms. The minimum absolute atomic E-state index is 0. The van der Waals surface area contributed by atoms with E-state index in [1.807, 2.05) is 0 Å². The Balaban J connectivity index is -0.000000500. The van der Waals surface area contributed by atoms with Crippen LogP contribution in [0.3, 0.4) is 0 Å². The van der Waals surface area contributed by atoms with Gasteiger partial charge in [-0.25, -0.2) is 0 Å². The van der Waals surface area contributed by atoms with Crippen LogP contribution in [0, 0.1) is 0 Å². The van der Waals surface area contributed by atoms with Crippen molar-refractivity contribution in [2.75, 3.05) is 19.0 Å². The Morgan fingerprint density at radius 3 is 2.58 bits per heavy atom. The average molecular weight is 204 g/mol. The van der Waals surface area contributed by atoms with E-state index in [0.29, 0.717) is 6.42 Å². The molecule has 0 aromatic heterocycles. The molecule has 12 heavy (non-hydrogen) atoms. The van der Waals surface area contributed by atoms with Gasteiger partial charge in [-0.1, -0.05) is 6.08 Å². The Hall–Kier alpha value is 0.610. The first-order valence-corrected chi connectivity index (χ1v) is 4.79. The Kier molecular flexibility index (Phi) is 10.3. The van der Waals surface area contributed by atoms with Crippen LogP contribution in [0.1, 0.15) is 7.85 Å². The number of aliphatic hydroxyl groups is 1. The molecule has 1 N–H and O–H groups in total. The van der Waals surface area contributed by atoms with Crippen molar-refractivity contribution in [2.24, 2.45) is 0 Å². The number of hydrogen-bond acceptors (Lipinski definition) is 4. The van der Waals surface area contributed by atoms with Gasteiger partial charge in [-0.3, -0.25) is 4.18 Å². The standard InChI is InChI=1S/C6H12O4S.Na.H/c1-2-6-11(8,9)10-5-3-4-7;;/h2,7H,1,3-6H2;;/q;+1;-1. The van der Waals surface area contributed by atoms with Gasteiger partial charge in [-0.15, -0.1) is 6.58 Å². The molecule has 0 unspecified atom stereocenters. The van der Waals surface area contributed by atoms with Crippen LogP contribution in [0.25, 0.3) is 0 Å². The predicted octanol–water partition coefficient (Wildman–Crippen LogP) is -2.98. The second-order valence-corrected chi connectivity index (χ2v) is 3.60. The molecule has 0 rings (SSSR count). The van der Waals surface area contributed by atoms with Gasteiger partial charge in [0.25, 0.3) is 10.1 Å². The average Bonchev–Trinajstić information content (AvgIpc) is 1.87. The summed E-state index contributed by atoms with van der Waals surface area (Å²) in [5.41, 5.74) is 0. The second kappa shape index (κ2) is 8.22. The van der Waals surface area contributed by atoms with Gasteiger partial charge in [-0.2, -0.15) is 8.42 Å². The molecular weight excluding hydrogens is 191 g/mol. The molecule has 0 atom stereocenters. The normalized spacial score (nSPS) is 10.4. The summed E-state index contributed by atoms with van der Waals surface area (Å²) in [6, 6.07) is 0. The number of rotatable bonds is 6. The smallest absolute Gasteiger partial charge is 1.00 e. The SMILES string of the molecule is C=CCS(=O)(=O)OCCCO.[H-].[Na+]. The minimum atomic E-state index is -3.43. The fourth-order valence-corrected chi connectivity index (χ4v) is 1.20. The third-order valence-electron chi connectivity index (χ3n) is 0.887. The molecule has 0 bridgehead atoms. The van der Waals surface area contributed by atoms with E-state index in [1.54, 1.807) is 0 Å². The van der Waals surface area contributed by atoms with Gasteiger partial charge in [-0.05, 0) is 6.42 Å². The molecule has 68 valence electrons. The van der Waals surface area contributed by atoms with Crippen molar-refractivity contribution in [2.45, 2.75) is 6.42 Å². The summed E-state index contributed by atoms with van der Waals surface area (Å²) in [6.45, 7) is 3.23. The van der Waals surface area contributed by atoms with Gasteiger partial charge >= 0.3 is 29.6 Å². The molecule has 0 radical (unpaired) electrons. The van der Waals surface area contributed by atoms with Crippen LogP contribution < -0.4 is 29.6 Å². The molecule has 0 saturated heterocycles. The van der Waals surface area contributed by atoms with Gasteiger partial charge in [0.1, 0.15) is 0 Å². The summed E-state index contributed by atoms with van der Waals surface area (Å²) in [6.07, 6.45) is 1.59. The quantitative estimate of drug-likeness (QED) is 0.217. The molecule has 0 aliphatic carbocycles. The Morgan fingerprint density at radius 2 is 2.17 bits per heavy atom. The molecule has 0 aliphatic rings. The fourth-order valence-electron chi connectivity index (χ4n) is 0.443. The maximum absolute atomic E-state index is 10.7. The summed E-state index contributed by atoms with van der Waals surface area (Å²) >= 11 is 0. The molecule has 0 aromatic carbocycles. The van der Waals surface area contributed by atoms with Gasteiger partial charge in [0.05, 0.1) is 12.4 Å². The Bertz CT molecular complexity index is 205. The summed E-state index contributed by atoms with van der Waals surface area (Å²) in [5, 5.41) is 8.30. The van der Waals surface area contributed by atoms with Gasteiger partial charge in [0.15, 0.2) is 0 Å².